The summed E-state index contributed by atoms with van der Waals surface area (Å²) in [6.45, 7) is 8.51. The fourth-order valence-corrected chi connectivity index (χ4v) is 4.24. The second-order valence-electron chi connectivity index (χ2n) is 10.3. The number of hydrogen-bond donors (Lipinski definition) is 3. The number of aliphatic hydroxyl groups excluding tert-OH is 1. The molecule has 3 amide bonds. The normalized spacial score (nSPS) is 16.4. The number of benzene rings is 1. The van der Waals surface area contributed by atoms with E-state index in [9.17, 15) is 19.5 Å². The molecule has 2 unspecified atom stereocenters. The highest BCUT2D eigenvalue weighted by Crippen LogP contribution is 2.25. The zero-order chi connectivity index (χ0) is 25.3. The highest BCUT2D eigenvalue weighted by Gasteiger charge is 2.37. The summed E-state index contributed by atoms with van der Waals surface area (Å²) in [5, 5.41) is 15.6. The van der Waals surface area contributed by atoms with Crippen molar-refractivity contribution in [2.45, 2.75) is 90.4 Å². The van der Waals surface area contributed by atoms with Crippen LogP contribution in [0, 0.1) is 5.92 Å². The highest BCUT2D eigenvalue weighted by molar-refractivity contribution is 5.92. The molecule has 0 aromatic heterocycles. The van der Waals surface area contributed by atoms with E-state index in [-0.39, 0.29) is 31.0 Å². The number of carbonyl (C=O) groups is 3. The van der Waals surface area contributed by atoms with Crippen LogP contribution in [0.2, 0.25) is 0 Å². The van der Waals surface area contributed by atoms with Crippen molar-refractivity contribution in [2.75, 3.05) is 13.2 Å². The van der Waals surface area contributed by atoms with Gasteiger partial charge in [-0.1, -0.05) is 63.4 Å². The first-order valence-electron chi connectivity index (χ1n) is 12.3. The lowest BCUT2D eigenvalue weighted by Gasteiger charge is -2.36. The van der Waals surface area contributed by atoms with Gasteiger partial charge in [0.25, 0.3) is 0 Å². The van der Waals surface area contributed by atoms with Gasteiger partial charge in [0.05, 0.1) is 6.61 Å². The second kappa shape index (κ2) is 12.7. The molecule has 2 rings (SSSR count). The van der Waals surface area contributed by atoms with Crippen LogP contribution in [0.1, 0.15) is 78.3 Å². The number of rotatable bonds is 9. The number of nitrogens with one attached hydrogen (secondary N) is 2. The molecule has 1 fully saturated rings. The molecule has 8 nitrogen and oxygen atoms in total. The summed E-state index contributed by atoms with van der Waals surface area (Å²) in [6.07, 6.45) is 4.42. The van der Waals surface area contributed by atoms with Gasteiger partial charge in [0.1, 0.15) is 17.7 Å². The Morgan fingerprint density at radius 3 is 2.24 bits per heavy atom. The van der Waals surface area contributed by atoms with Crippen molar-refractivity contribution in [3.63, 3.8) is 0 Å². The monoisotopic (exact) mass is 475 g/mol. The van der Waals surface area contributed by atoms with E-state index in [2.05, 4.69) is 10.6 Å². The number of hydrogen-bond acceptors (Lipinski definition) is 5. The molecule has 3 N–H and O–H groups in total. The molecule has 8 heteroatoms. The lowest BCUT2D eigenvalue weighted by molar-refractivity contribution is -0.144. The van der Waals surface area contributed by atoms with E-state index in [1.165, 1.54) is 4.90 Å². The van der Waals surface area contributed by atoms with Crippen molar-refractivity contribution in [3.05, 3.63) is 35.9 Å². The molecule has 0 radical (unpaired) electrons. The van der Waals surface area contributed by atoms with Crippen LogP contribution >= 0.6 is 0 Å². The molecular formula is C26H41N3O5. The summed E-state index contributed by atoms with van der Waals surface area (Å²) in [6, 6.07) is 7.30. The molecule has 0 heterocycles. The van der Waals surface area contributed by atoms with Crippen molar-refractivity contribution in [3.8, 4) is 0 Å². The van der Waals surface area contributed by atoms with Crippen LogP contribution in [-0.2, 0) is 14.3 Å². The largest absolute Gasteiger partial charge is 0.444 e. The van der Waals surface area contributed by atoms with Crippen LogP contribution in [-0.4, -0.2) is 58.8 Å². The van der Waals surface area contributed by atoms with Crippen LogP contribution in [0.25, 0.3) is 0 Å². The standard InChI is InChI=1S/C26H41N3O5/c1-18(2)21(28-25(33)34-26(3,4)5)24(32)29(16-17-30)22(19-12-8-6-9-13-19)23(31)27-20-14-10-7-11-15-20/h6,8-9,12-13,18,20-22,30H,7,10-11,14-17H2,1-5H3,(H,27,31)(H,28,33). The SMILES string of the molecule is CC(C)C(NC(=O)OC(C)(C)C)C(=O)N(CCO)C(C(=O)NC1CCCCC1)c1ccccc1. The van der Waals surface area contributed by atoms with Gasteiger partial charge in [-0.2, -0.15) is 0 Å². The van der Waals surface area contributed by atoms with Gasteiger partial charge < -0.3 is 25.4 Å². The summed E-state index contributed by atoms with van der Waals surface area (Å²) < 4.78 is 5.35. The Labute approximate surface area is 203 Å². The highest BCUT2D eigenvalue weighted by atomic mass is 16.6. The van der Waals surface area contributed by atoms with Gasteiger partial charge in [-0.05, 0) is 45.1 Å². The van der Waals surface area contributed by atoms with Gasteiger partial charge in [0.15, 0.2) is 0 Å². The molecule has 1 aliphatic rings. The lowest BCUT2D eigenvalue weighted by atomic mass is 9.94. The van der Waals surface area contributed by atoms with Crippen LogP contribution in [0.3, 0.4) is 0 Å². The van der Waals surface area contributed by atoms with Crippen molar-refractivity contribution in [2.24, 2.45) is 5.92 Å². The Morgan fingerprint density at radius 1 is 1.09 bits per heavy atom. The summed E-state index contributed by atoms with van der Waals surface area (Å²) in [4.78, 5) is 41.1. The molecule has 0 bridgehead atoms. The third-order valence-electron chi connectivity index (χ3n) is 5.86. The van der Waals surface area contributed by atoms with Crippen LogP contribution in [0.4, 0.5) is 4.79 Å². The van der Waals surface area contributed by atoms with Crippen molar-refractivity contribution < 1.29 is 24.2 Å². The Hall–Kier alpha value is -2.61. The number of nitrogens with zero attached hydrogens (tertiary/aromatic N) is 1. The lowest BCUT2D eigenvalue weighted by Crippen LogP contribution is -2.56. The Bertz CT molecular complexity index is 800. The van der Waals surface area contributed by atoms with Crippen LogP contribution in [0.5, 0.6) is 0 Å². The van der Waals surface area contributed by atoms with Gasteiger partial charge in [-0.25, -0.2) is 4.79 Å². The Balaban J connectivity index is 2.35. The Morgan fingerprint density at radius 2 is 1.71 bits per heavy atom. The molecule has 1 aromatic rings. The first kappa shape index (κ1) is 27.6. The fraction of sp³-hybridized carbons (Fsp3) is 0.654. The van der Waals surface area contributed by atoms with Crippen molar-refractivity contribution in [1.82, 2.24) is 15.5 Å². The molecule has 0 spiro atoms. The molecule has 0 saturated heterocycles. The second-order valence-corrected chi connectivity index (χ2v) is 10.3. The number of alkyl carbamates (subject to hydrolysis) is 1. The fourth-order valence-electron chi connectivity index (χ4n) is 4.24. The molecule has 1 aromatic carbocycles. The van der Waals surface area contributed by atoms with E-state index in [0.29, 0.717) is 5.56 Å². The molecular weight excluding hydrogens is 434 g/mol. The summed E-state index contributed by atoms with van der Waals surface area (Å²) in [5.41, 5.74) is -0.0660. The van der Waals surface area contributed by atoms with E-state index in [0.717, 1.165) is 32.1 Å². The van der Waals surface area contributed by atoms with Gasteiger partial charge in [-0.15, -0.1) is 0 Å². The van der Waals surface area contributed by atoms with Crippen LogP contribution < -0.4 is 10.6 Å². The Kier molecular flexibility index (Phi) is 10.4. The summed E-state index contributed by atoms with van der Waals surface area (Å²) >= 11 is 0. The number of carbonyl (C=O) groups excluding carboxylic acids is 3. The average molecular weight is 476 g/mol. The molecule has 190 valence electrons. The molecule has 0 aliphatic heterocycles. The average Bonchev–Trinajstić information content (AvgIpc) is 2.77. The summed E-state index contributed by atoms with van der Waals surface area (Å²) in [7, 11) is 0. The van der Waals surface area contributed by atoms with Crippen molar-refractivity contribution in [1.29, 1.82) is 0 Å². The van der Waals surface area contributed by atoms with E-state index >= 15 is 0 Å². The maximum Gasteiger partial charge on any atom is 0.408 e. The summed E-state index contributed by atoms with van der Waals surface area (Å²) in [5.74, 6) is -0.985. The van der Waals surface area contributed by atoms with E-state index in [1.54, 1.807) is 32.9 Å². The van der Waals surface area contributed by atoms with Gasteiger partial charge in [-0.3, -0.25) is 9.59 Å². The zero-order valence-electron chi connectivity index (χ0n) is 21.2. The number of amides is 3. The molecule has 34 heavy (non-hydrogen) atoms. The van der Waals surface area contributed by atoms with Gasteiger partial charge >= 0.3 is 6.09 Å². The third kappa shape index (κ3) is 8.31. The van der Waals surface area contributed by atoms with Gasteiger partial charge in [0.2, 0.25) is 11.8 Å². The first-order valence-corrected chi connectivity index (χ1v) is 12.3. The number of ether oxygens (including phenoxy) is 1. The smallest absolute Gasteiger partial charge is 0.408 e. The predicted molar refractivity (Wildman–Crippen MR) is 131 cm³/mol. The zero-order valence-corrected chi connectivity index (χ0v) is 21.2. The quantitative estimate of drug-likeness (QED) is 0.506. The van der Waals surface area contributed by atoms with Crippen LogP contribution in [0.15, 0.2) is 30.3 Å². The third-order valence-corrected chi connectivity index (χ3v) is 5.86. The van der Waals surface area contributed by atoms with E-state index in [1.807, 2.05) is 32.0 Å². The minimum atomic E-state index is -0.926. The number of aliphatic hydroxyl groups is 1. The minimum Gasteiger partial charge on any atom is -0.444 e. The van der Waals surface area contributed by atoms with E-state index < -0.39 is 29.7 Å². The predicted octanol–water partition coefficient (Wildman–Crippen LogP) is 3.55. The molecule has 1 aliphatic carbocycles. The molecule has 2 atom stereocenters. The maximum absolute atomic E-state index is 13.8. The maximum atomic E-state index is 13.8. The van der Waals surface area contributed by atoms with Crippen molar-refractivity contribution >= 4 is 17.9 Å². The minimum absolute atomic E-state index is 0.0459. The first-order chi connectivity index (χ1) is 16.0. The van der Waals surface area contributed by atoms with Gasteiger partial charge in [0, 0.05) is 12.6 Å². The topological polar surface area (TPSA) is 108 Å². The molecule has 1 saturated carbocycles. The van der Waals surface area contributed by atoms with E-state index in [4.69, 9.17) is 4.74 Å².